The van der Waals surface area contributed by atoms with Gasteiger partial charge in [-0.25, -0.2) is 0 Å². The topological polar surface area (TPSA) is 56.4 Å². The highest BCUT2D eigenvalue weighted by molar-refractivity contribution is 5.91. The lowest BCUT2D eigenvalue weighted by molar-refractivity contribution is -1.01. The van der Waals surface area contributed by atoms with Gasteiger partial charge in [0.25, 0.3) is 5.91 Å². The van der Waals surface area contributed by atoms with Crippen molar-refractivity contribution in [1.29, 1.82) is 0 Å². The number of carbonyl (C=O) groups is 1. The highest BCUT2D eigenvalue weighted by Crippen LogP contribution is 2.34. The third-order valence-electron chi connectivity index (χ3n) is 5.25. The van der Waals surface area contributed by atoms with E-state index in [4.69, 9.17) is 9.47 Å². The van der Waals surface area contributed by atoms with Crippen LogP contribution in [0.2, 0.25) is 0 Å². The Morgan fingerprint density at radius 2 is 1.71 bits per heavy atom. The number of fused-ring (bicyclic) bond motifs is 1. The third-order valence-corrected chi connectivity index (χ3v) is 5.25. The summed E-state index contributed by atoms with van der Waals surface area (Å²) < 4.78 is 10.7. The maximum absolute atomic E-state index is 12.4. The van der Waals surface area contributed by atoms with Crippen molar-refractivity contribution < 1.29 is 24.1 Å². The predicted molar refractivity (Wildman–Crippen MR) is 108 cm³/mol. The first-order valence-electron chi connectivity index (χ1n) is 9.84. The normalized spacial score (nSPS) is 21.0. The first-order valence-corrected chi connectivity index (χ1v) is 9.84. The van der Waals surface area contributed by atoms with Crippen LogP contribution in [0.4, 0.5) is 5.69 Å². The summed E-state index contributed by atoms with van der Waals surface area (Å²) in [7, 11) is 0. The lowest BCUT2D eigenvalue weighted by atomic mass is 10.2. The molecule has 6 heteroatoms. The van der Waals surface area contributed by atoms with Gasteiger partial charge in [0, 0.05) is 11.8 Å². The maximum Gasteiger partial charge on any atom is 0.279 e. The molecule has 0 aromatic heterocycles. The molecule has 3 N–H and O–H groups in total. The van der Waals surface area contributed by atoms with Crippen LogP contribution in [-0.4, -0.2) is 52.0 Å². The Hall–Kier alpha value is -2.83. The Kier molecular flexibility index (Phi) is 5.89. The molecule has 4 rings (SSSR count). The summed E-state index contributed by atoms with van der Waals surface area (Å²) in [4.78, 5) is 15.3. The summed E-state index contributed by atoms with van der Waals surface area (Å²) in [6.45, 7) is 5.99. The van der Waals surface area contributed by atoms with E-state index in [9.17, 15) is 4.79 Å². The molecule has 2 aliphatic heterocycles. The summed E-state index contributed by atoms with van der Waals surface area (Å²) in [5.74, 6) is 1.45. The van der Waals surface area contributed by atoms with Gasteiger partial charge in [-0.15, -0.1) is 0 Å². The van der Waals surface area contributed by atoms with Crippen molar-refractivity contribution in [2.45, 2.75) is 0 Å². The van der Waals surface area contributed by atoms with E-state index in [1.54, 1.807) is 4.90 Å². The lowest BCUT2D eigenvalue weighted by Gasteiger charge is -2.28. The standard InChI is InChI=1S/C22H25N3O3/c26-22(23-19-8-9-20-21(15-19)28-17-27-20)16-25-13-11-24(12-14-25)10-4-7-18-5-2-1-3-6-18/h1-9,15H,10-14,16-17H2,(H,23,26)/p+2/b7-4+. The van der Waals surface area contributed by atoms with Gasteiger partial charge in [-0.2, -0.15) is 0 Å². The van der Waals surface area contributed by atoms with Crippen LogP contribution in [0.15, 0.2) is 54.6 Å². The average Bonchev–Trinajstić information content (AvgIpc) is 3.18. The van der Waals surface area contributed by atoms with Crippen LogP contribution in [0.1, 0.15) is 5.56 Å². The molecule has 6 nitrogen and oxygen atoms in total. The molecule has 2 aliphatic rings. The SMILES string of the molecule is O=C(C[NH+]1CC[NH+](C/C=C/c2ccccc2)CC1)Nc1ccc2c(c1)OCO2. The van der Waals surface area contributed by atoms with E-state index < -0.39 is 0 Å². The van der Waals surface area contributed by atoms with Gasteiger partial charge in [0.15, 0.2) is 18.0 Å². The van der Waals surface area contributed by atoms with Gasteiger partial charge in [-0.05, 0) is 23.8 Å². The van der Waals surface area contributed by atoms with Gasteiger partial charge in [0.1, 0.15) is 26.2 Å². The number of quaternary nitrogens is 2. The molecule has 0 saturated carbocycles. The molecule has 0 atom stereocenters. The Labute approximate surface area is 165 Å². The number of nitrogens with one attached hydrogen (secondary N) is 3. The minimum Gasteiger partial charge on any atom is -0.454 e. The molecule has 2 aromatic rings. The number of benzene rings is 2. The smallest absolute Gasteiger partial charge is 0.279 e. The number of hydrogen-bond acceptors (Lipinski definition) is 3. The van der Waals surface area contributed by atoms with Crippen molar-refractivity contribution >= 4 is 17.7 Å². The number of ether oxygens (including phenoxy) is 2. The van der Waals surface area contributed by atoms with E-state index in [1.165, 1.54) is 10.5 Å². The summed E-state index contributed by atoms with van der Waals surface area (Å²) >= 11 is 0. The first kappa shape index (κ1) is 18.5. The van der Waals surface area contributed by atoms with E-state index in [0.717, 1.165) is 44.2 Å². The predicted octanol–water partition coefficient (Wildman–Crippen LogP) is -0.149. The molecule has 0 spiro atoms. The van der Waals surface area contributed by atoms with Crippen molar-refractivity contribution in [2.75, 3.05) is 51.4 Å². The largest absolute Gasteiger partial charge is 0.454 e. The van der Waals surface area contributed by atoms with Crippen molar-refractivity contribution in [2.24, 2.45) is 0 Å². The van der Waals surface area contributed by atoms with Gasteiger partial charge in [-0.3, -0.25) is 4.79 Å². The second kappa shape index (κ2) is 8.91. The molecule has 28 heavy (non-hydrogen) atoms. The molecule has 1 saturated heterocycles. The minimum absolute atomic E-state index is 0.0429. The zero-order chi connectivity index (χ0) is 19.2. The molecule has 0 aliphatic carbocycles. The molecule has 0 unspecified atom stereocenters. The molecular weight excluding hydrogens is 354 g/mol. The molecule has 2 heterocycles. The second-order valence-corrected chi connectivity index (χ2v) is 7.31. The van der Waals surface area contributed by atoms with Gasteiger partial charge in [-0.1, -0.05) is 36.4 Å². The van der Waals surface area contributed by atoms with Gasteiger partial charge in [0.2, 0.25) is 6.79 Å². The fraction of sp³-hybridized carbons (Fsp3) is 0.318. The summed E-state index contributed by atoms with van der Waals surface area (Å²) in [6, 6.07) is 15.9. The van der Waals surface area contributed by atoms with Crippen LogP contribution in [0.3, 0.4) is 0 Å². The quantitative estimate of drug-likeness (QED) is 0.653. The maximum atomic E-state index is 12.4. The lowest BCUT2D eigenvalue weighted by Crippen LogP contribution is -3.28. The van der Waals surface area contributed by atoms with Crippen molar-refractivity contribution in [3.05, 3.63) is 60.2 Å². The summed E-state index contributed by atoms with van der Waals surface area (Å²) in [5, 5.41) is 2.97. The Morgan fingerprint density at radius 3 is 2.54 bits per heavy atom. The van der Waals surface area contributed by atoms with Gasteiger partial charge in [0.05, 0.1) is 6.54 Å². The molecule has 0 bridgehead atoms. The minimum atomic E-state index is 0.0429. The van der Waals surface area contributed by atoms with Crippen molar-refractivity contribution in [3.63, 3.8) is 0 Å². The molecule has 0 radical (unpaired) electrons. The number of piperazine rings is 1. The van der Waals surface area contributed by atoms with E-state index in [-0.39, 0.29) is 12.7 Å². The number of carbonyl (C=O) groups excluding carboxylic acids is 1. The van der Waals surface area contributed by atoms with E-state index in [0.29, 0.717) is 12.3 Å². The van der Waals surface area contributed by atoms with E-state index in [1.807, 2.05) is 24.3 Å². The number of hydrogen-bond donors (Lipinski definition) is 3. The van der Waals surface area contributed by atoms with Crippen LogP contribution < -0.4 is 24.6 Å². The van der Waals surface area contributed by atoms with Crippen LogP contribution in [-0.2, 0) is 4.79 Å². The summed E-state index contributed by atoms with van der Waals surface area (Å²) in [6.07, 6.45) is 4.44. The van der Waals surface area contributed by atoms with Crippen molar-refractivity contribution in [1.82, 2.24) is 0 Å². The van der Waals surface area contributed by atoms with Crippen LogP contribution in [0.25, 0.3) is 6.08 Å². The molecule has 1 fully saturated rings. The van der Waals surface area contributed by atoms with Gasteiger partial charge >= 0.3 is 0 Å². The molecular formula is C22H27N3O3+2. The van der Waals surface area contributed by atoms with E-state index in [2.05, 4.69) is 41.7 Å². The fourth-order valence-corrected chi connectivity index (χ4v) is 3.67. The monoisotopic (exact) mass is 381 g/mol. The first-order chi connectivity index (χ1) is 13.8. The van der Waals surface area contributed by atoms with Crippen LogP contribution >= 0.6 is 0 Å². The number of rotatable bonds is 6. The molecule has 2 aromatic carbocycles. The highest BCUT2D eigenvalue weighted by Gasteiger charge is 2.24. The Bertz CT molecular complexity index is 830. The summed E-state index contributed by atoms with van der Waals surface area (Å²) in [5.41, 5.74) is 2.00. The zero-order valence-corrected chi connectivity index (χ0v) is 15.9. The van der Waals surface area contributed by atoms with E-state index >= 15 is 0 Å². The fourth-order valence-electron chi connectivity index (χ4n) is 3.67. The van der Waals surface area contributed by atoms with Crippen molar-refractivity contribution in [3.8, 4) is 11.5 Å². The van der Waals surface area contributed by atoms with Crippen LogP contribution in [0.5, 0.6) is 11.5 Å². The van der Waals surface area contributed by atoms with Crippen LogP contribution in [0, 0.1) is 0 Å². The number of anilines is 1. The Balaban J connectivity index is 1.19. The Morgan fingerprint density at radius 1 is 0.964 bits per heavy atom. The highest BCUT2D eigenvalue weighted by atomic mass is 16.7. The van der Waals surface area contributed by atoms with Gasteiger partial charge < -0.3 is 24.6 Å². The zero-order valence-electron chi connectivity index (χ0n) is 15.9. The average molecular weight is 381 g/mol. The molecule has 146 valence electrons. The number of amides is 1. The third kappa shape index (κ3) is 4.91. The molecule has 1 amide bonds. The second-order valence-electron chi connectivity index (χ2n) is 7.31.